The number of sulfonamides is 1. The number of hydrogen-bond acceptors (Lipinski definition) is 7. The third-order valence-corrected chi connectivity index (χ3v) is 7.25. The fourth-order valence-electron chi connectivity index (χ4n) is 2.51. The molecule has 3 aromatic rings. The number of amides is 1. The number of carbonyl (C=O) groups is 1. The minimum Gasteiger partial charge on any atom is -0.492 e. The number of ether oxygens (including phenoxy) is 1. The molecule has 0 N–H and O–H groups in total. The van der Waals surface area contributed by atoms with E-state index in [1.807, 2.05) is 0 Å². The van der Waals surface area contributed by atoms with Gasteiger partial charge in [-0.2, -0.15) is 0 Å². The Labute approximate surface area is 190 Å². The minimum atomic E-state index is -3.56. The number of rotatable bonds is 9. The maximum Gasteiger partial charge on any atom is 0.257 e. The Morgan fingerprint density at radius 1 is 1.16 bits per heavy atom. The summed E-state index contributed by atoms with van der Waals surface area (Å²) in [6.07, 6.45) is 0. The van der Waals surface area contributed by atoms with E-state index < -0.39 is 10.0 Å². The fraction of sp³-hybridized carbons (Fsp3) is 0.300. The van der Waals surface area contributed by atoms with E-state index in [0.29, 0.717) is 40.2 Å². The normalized spacial score (nSPS) is 11.8. The monoisotopic (exact) mass is 483 g/mol. The maximum absolute atomic E-state index is 12.4. The molecule has 0 saturated carbocycles. The van der Waals surface area contributed by atoms with Crippen LogP contribution in [0.2, 0.25) is 5.02 Å². The number of thioether (sulfide) groups is 1. The zero-order chi connectivity index (χ0) is 22.6. The third kappa shape index (κ3) is 5.91. The average Bonchev–Trinajstić information content (AvgIpc) is 3.15. The van der Waals surface area contributed by atoms with Crippen molar-refractivity contribution in [2.45, 2.75) is 10.1 Å². The van der Waals surface area contributed by atoms with Gasteiger partial charge in [0, 0.05) is 26.2 Å². The van der Waals surface area contributed by atoms with Crippen LogP contribution in [-0.2, 0) is 14.8 Å². The van der Waals surface area contributed by atoms with Gasteiger partial charge in [0.15, 0.2) is 5.58 Å². The number of fused-ring (bicyclic) bond motifs is 1. The highest BCUT2D eigenvalue weighted by Gasteiger charge is 2.19. The lowest BCUT2D eigenvalue weighted by Gasteiger charge is -2.17. The van der Waals surface area contributed by atoms with Gasteiger partial charge in [-0.05, 0) is 42.5 Å². The van der Waals surface area contributed by atoms with Crippen molar-refractivity contribution in [1.82, 2.24) is 14.2 Å². The second-order valence-corrected chi connectivity index (χ2v) is 10.3. The Hall–Kier alpha value is -2.27. The van der Waals surface area contributed by atoms with Gasteiger partial charge in [-0.25, -0.2) is 17.7 Å². The molecule has 1 heterocycles. The van der Waals surface area contributed by atoms with Crippen LogP contribution < -0.4 is 4.74 Å². The SMILES string of the molecule is CN(CCOc1ccc(Cl)cc1)C(=O)CSc1nc2cc(S(=O)(=O)N(C)C)ccc2o1. The van der Waals surface area contributed by atoms with Crippen molar-refractivity contribution in [1.29, 1.82) is 0 Å². The van der Waals surface area contributed by atoms with Gasteiger partial charge in [0.1, 0.15) is 17.9 Å². The number of hydrogen-bond donors (Lipinski definition) is 0. The Morgan fingerprint density at radius 2 is 1.87 bits per heavy atom. The topological polar surface area (TPSA) is 92.9 Å². The van der Waals surface area contributed by atoms with Gasteiger partial charge in [0.2, 0.25) is 15.9 Å². The van der Waals surface area contributed by atoms with Gasteiger partial charge in [-0.3, -0.25) is 4.79 Å². The molecular weight excluding hydrogens is 462 g/mol. The summed E-state index contributed by atoms with van der Waals surface area (Å²) in [6.45, 7) is 0.766. The molecule has 1 aromatic heterocycles. The molecule has 11 heteroatoms. The molecule has 0 atom stereocenters. The first-order valence-electron chi connectivity index (χ1n) is 9.25. The van der Waals surface area contributed by atoms with Gasteiger partial charge in [0.25, 0.3) is 5.22 Å². The molecule has 0 bridgehead atoms. The molecule has 0 spiro atoms. The van der Waals surface area contributed by atoms with E-state index in [0.717, 1.165) is 16.1 Å². The summed E-state index contributed by atoms with van der Waals surface area (Å²) in [5, 5.41) is 0.931. The highest BCUT2D eigenvalue weighted by atomic mass is 35.5. The zero-order valence-corrected chi connectivity index (χ0v) is 19.6. The van der Waals surface area contributed by atoms with E-state index in [1.165, 1.54) is 26.2 Å². The number of benzene rings is 2. The maximum atomic E-state index is 12.4. The number of likely N-dealkylation sites (N-methyl/N-ethyl adjacent to an activating group) is 1. The molecule has 166 valence electrons. The smallest absolute Gasteiger partial charge is 0.257 e. The first kappa shape index (κ1) is 23.4. The number of aromatic nitrogens is 1. The molecule has 1 amide bonds. The minimum absolute atomic E-state index is 0.108. The quantitative estimate of drug-likeness (QED) is 0.431. The van der Waals surface area contributed by atoms with E-state index >= 15 is 0 Å². The number of nitrogens with zero attached hydrogens (tertiary/aromatic N) is 3. The van der Waals surface area contributed by atoms with Crippen LogP contribution in [0.25, 0.3) is 11.1 Å². The van der Waals surface area contributed by atoms with Crippen LogP contribution in [0.1, 0.15) is 0 Å². The highest BCUT2D eigenvalue weighted by Crippen LogP contribution is 2.26. The summed E-state index contributed by atoms with van der Waals surface area (Å²) in [4.78, 5) is 18.3. The first-order chi connectivity index (χ1) is 14.7. The second kappa shape index (κ2) is 9.90. The van der Waals surface area contributed by atoms with Gasteiger partial charge in [-0.15, -0.1) is 0 Å². The largest absolute Gasteiger partial charge is 0.492 e. The summed E-state index contributed by atoms with van der Waals surface area (Å²) < 4.78 is 36.9. The van der Waals surface area contributed by atoms with Crippen molar-refractivity contribution in [3.63, 3.8) is 0 Å². The molecule has 0 aliphatic rings. The van der Waals surface area contributed by atoms with Crippen LogP contribution in [-0.4, -0.2) is 68.6 Å². The molecule has 0 aliphatic carbocycles. The summed E-state index contributed by atoms with van der Waals surface area (Å²) >= 11 is 6.99. The Kier molecular flexibility index (Phi) is 7.47. The van der Waals surface area contributed by atoms with Gasteiger partial charge in [-0.1, -0.05) is 23.4 Å². The molecule has 0 radical (unpaired) electrons. The van der Waals surface area contributed by atoms with Crippen molar-refractivity contribution in [3.05, 3.63) is 47.5 Å². The van der Waals surface area contributed by atoms with E-state index in [9.17, 15) is 13.2 Å². The van der Waals surface area contributed by atoms with Crippen LogP contribution in [0.15, 0.2) is 57.0 Å². The molecule has 31 heavy (non-hydrogen) atoms. The molecule has 2 aromatic carbocycles. The van der Waals surface area contributed by atoms with Crippen LogP contribution >= 0.6 is 23.4 Å². The lowest BCUT2D eigenvalue weighted by Crippen LogP contribution is -2.32. The summed E-state index contributed by atoms with van der Waals surface area (Å²) in [7, 11) is 1.06. The highest BCUT2D eigenvalue weighted by molar-refractivity contribution is 7.99. The average molecular weight is 484 g/mol. The van der Waals surface area contributed by atoms with Crippen LogP contribution in [0.4, 0.5) is 0 Å². The van der Waals surface area contributed by atoms with Crippen LogP contribution in [0.3, 0.4) is 0 Å². The van der Waals surface area contributed by atoms with Gasteiger partial charge < -0.3 is 14.1 Å². The Morgan fingerprint density at radius 3 is 2.55 bits per heavy atom. The lowest BCUT2D eigenvalue weighted by molar-refractivity contribution is -0.127. The first-order valence-corrected chi connectivity index (χ1v) is 12.1. The Balaban J connectivity index is 1.53. The number of carbonyl (C=O) groups excluding carboxylic acids is 1. The fourth-order valence-corrected chi connectivity index (χ4v) is 4.34. The van der Waals surface area contributed by atoms with E-state index in [-0.39, 0.29) is 16.6 Å². The van der Waals surface area contributed by atoms with Crippen LogP contribution in [0, 0.1) is 0 Å². The third-order valence-electron chi connectivity index (χ3n) is 4.37. The molecule has 0 fully saturated rings. The van der Waals surface area contributed by atoms with Crippen molar-refractivity contribution < 1.29 is 22.4 Å². The number of halogens is 1. The van der Waals surface area contributed by atoms with Crippen molar-refractivity contribution in [2.24, 2.45) is 0 Å². The summed E-state index contributed by atoms with van der Waals surface area (Å²) in [5.41, 5.74) is 0.875. The molecular formula is C20H22ClN3O5S2. The molecule has 3 rings (SSSR count). The predicted octanol–water partition coefficient (Wildman–Crippen LogP) is 3.36. The predicted molar refractivity (Wildman–Crippen MR) is 120 cm³/mol. The zero-order valence-electron chi connectivity index (χ0n) is 17.2. The molecule has 0 aliphatic heterocycles. The summed E-state index contributed by atoms with van der Waals surface area (Å²) in [5.74, 6) is 0.706. The summed E-state index contributed by atoms with van der Waals surface area (Å²) in [6, 6.07) is 11.5. The van der Waals surface area contributed by atoms with E-state index in [2.05, 4.69) is 4.98 Å². The van der Waals surface area contributed by atoms with Crippen LogP contribution in [0.5, 0.6) is 5.75 Å². The molecule has 8 nitrogen and oxygen atoms in total. The standard InChI is InChI=1S/C20H22ClN3O5S2/c1-23(2)31(26,27)16-8-9-18-17(12-16)22-20(29-18)30-13-19(25)24(3)10-11-28-15-6-4-14(21)5-7-15/h4-9,12H,10-11,13H2,1-3H3. The number of oxazole rings is 1. The Bertz CT molecular complexity index is 1160. The van der Waals surface area contributed by atoms with Gasteiger partial charge >= 0.3 is 0 Å². The molecule has 0 unspecified atom stereocenters. The van der Waals surface area contributed by atoms with E-state index in [1.54, 1.807) is 42.3 Å². The second-order valence-electron chi connectivity index (χ2n) is 6.80. The van der Waals surface area contributed by atoms with Gasteiger partial charge in [0.05, 0.1) is 17.2 Å². The van der Waals surface area contributed by atoms with Crippen molar-refractivity contribution in [2.75, 3.05) is 40.0 Å². The van der Waals surface area contributed by atoms with Crippen molar-refractivity contribution in [3.8, 4) is 5.75 Å². The van der Waals surface area contributed by atoms with Crippen molar-refractivity contribution >= 4 is 50.4 Å². The molecule has 0 saturated heterocycles. The van der Waals surface area contributed by atoms with E-state index in [4.69, 9.17) is 20.8 Å². The lowest BCUT2D eigenvalue weighted by atomic mass is 10.3.